The lowest BCUT2D eigenvalue weighted by Gasteiger charge is -2.22. The van der Waals surface area contributed by atoms with Crippen LogP contribution in [0.5, 0.6) is 0 Å². The number of aliphatic hydroxyl groups excluding tert-OH is 2. The van der Waals surface area contributed by atoms with Crippen LogP contribution in [0, 0.1) is 0 Å². The van der Waals surface area contributed by atoms with Gasteiger partial charge in [0.15, 0.2) is 12.6 Å². The third-order valence-corrected chi connectivity index (χ3v) is 2.27. The van der Waals surface area contributed by atoms with E-state index >= 15 is 0 Å². The summed E-state index contributed by atoms with van der Waals surface area (Å²) < 4.78 is 10.6. The number of ether oxygens (including phenoxy) is 2. The fraction of sp³-hybridized carbons (Fsp3) is 0.917. The molecule has 0 aliphatic carbocycles. The van der Waals surface area contributed by atoms with Gasteiger partial charge in [-0.1, -0.05) is 0 Å². The Labute approximate surface area is 108 Å². The maximum Gasteiger partial charge on any atom is 0.162 e. The fourth-order valence-electron chi connectivity index (χ4n) is 1.33. The van der Waals surface area contributed by atoms with Crippen LogP contribution in [0.4, 0.5) is 0 Å². The summed E-state index contributed by atoms with van der Waals surface area (Å²) in [5.41, 5.74) is 0. The molecule has 0 heterocycles. The SMILES string of the molecule is CC(=O)CCCCOC(CC(O)O)OC(C)CO. The molecule has 0 aliphatic heterocycles. The molecule has 2 atom stereocenters. The Bertz CT molecular complexity index is 219. The van der Waals surface area contributed by atoms with Crippen LogP contribution < -0.4 is 0 Å². The zero-order valence-electron chi connectivity index (χ0n) is 11.0. The minimum atomic E-state index is -1.52. The van der Waals surface area contributed by atoms with Crippen molar-refractivity contribution < 1.29 is 29.6 Å². The van der Waals surface area contributed by atoms with Gasteiger partial charge in [0.25, 0.3) is 0 Å². The molecule has 0 bridgehead atoms. The van der Waals surface area contributed by atoms with Gasteiger partial charge in [-0.3, -0.25) is 0 Å². The summed E-state index contributed by atoms with van der Waals surface area (Å²) in [4.78, 5) is 10.7. The van der Waals surface area contributed by atoms with E-state index in [9.17, 15) is 4.79 Å². The van der Waals surface area contributed by atoms with Gasteiger partial charge in [-0.2, -0.15) is 0 Å². The van der Waals surface area contributed by atoms with Crippen LogP contribution in [0.25, 0.3) is 0 Å². The van der Waals surface area contributed by atoms with Crippen LogP contribution in [0.1, 0.15) is 39.5 Å². The van der Waals surface area contributed by atoms with Crippen LogP contribution in [0.3, 0.4) is 0 Å². The number of unbranched alkanes of at least 4 members (excludes halogenated alkanes) is 1. The zero-order valence-corrected chi connectivity index (χ0v) is 11.0. The normalized spacial score (nSPS) is 14.8. The Morgan fingerprint density at radius 2 is 1.94 bits per heavy atom. The Hall–Kier alpha value is -0.530. The summed E-state index contributed by atoms with van der Waals surface area (Å²) in [5.74, 6) is 0.141. The van der Waals surface area contributed by atoms with E-state index < -0.39 is 18.7 Å². The average molecular weight is 264 g/mol. The molecule has 0 aromatic rings. The molecule has 0 aliphatic rings. The quantitative estimate of drug-likeness (QED) is 0.364. The maximum atomic E-state index is 10.7. The van der Waals surface area contributed by atoms with Crippen molar-refractivity contribution in [2.75, 3.05) is 13.2 Å². The largest absolute Gasteiger partial charge is 0.394 e. The molecule has 6 heteroatoms. The van der Waals surface area contributed by atoms with Crippen molar-refractivity contribution in [1.82, 2.24) is 0 Å². The smallest absolute Gasteiger partial charge is 0.162 e. The molecular weight excluding hydrogens is 240 g/mol. The number of hydrogen-bond acceptors (Lipinski definition) is 6. The number of rotatable bonds is 11. The Balaban J connectivity index is 3.82. The Morgan fingerprint density at radius 1 is 1.28 bits per heavy atom. The van der Waals surface area contributed by atoms with Gasteiger partial charge in [-0.15, -0.1) is 0 Å². The first-order valence-corrected chi connectivity index (χ1v) is 6.19. The third kappa shape index (κ3) is 10.6. The maximum absolute atomic E-state index is 10.7. The van der Waals surface area contributed by atoms with Gasteiger partial charge in [0.1, 0.15) is 5.78 Å². The van der Waals surface area contributed by atoms with Crippen LogP contribution in [0.15, 0.2) is 0 Å². The van der Waals surface area contributed by atoms with Crippen LogP contribution in [-0.4, -0.2) is 53.0 Å². The number of hydrogen-bond donors (Lipinski definition) is 3. The summed E-state index contributed by atoms with van der Waals surface area (Å²) in [6, 6.07) is 0. The van der Waals surface area contributed by atoms with Crippen molar-refractivity contribution in [2.24, 2.45) is 0 Å². The molecule has 18 heavy (non-hydrogen) atoms. The Morgan fingerprint density at radius 3 is 2.44 bits per heavy atom. The van der Waals surface area contributed by atoms with Gasteiger partial charge in [0, 0.05) is 19.4 Å². The molecule has 2 unspecified atom stereocenters. The van der Waals surface area contributed by atoms with E-state index in [1.165, 1.54) is 6.92 Å². The van der Waals surface area contributed by atoms with Crippen LogP contribution in [0.2, 0.25) is 0 Å². The Kier molecular flexibility index (Phi) is 10.1. The van der Waals surface area contributed by atoms with E-state index in [2.05, 4.69) is 0 Å². The molecular formula is C12H24O6. The second-order valence-electron chi connectivity index (χ2n) is 4.31. The summed E-state index contributed by atoms with van der Waals surface area (Å²) in [7, 11) is 0. The van der Waals surface area contributed by atoms with Crippen molar-refractivity contribution in [3.63, 3.8) is 0 Å². The van der Waals surface area contributed by atoms with E-state index in [1.807, 2.05) is 0 Å². The molecule has 0 rings (SSSR count). The predicted molar refractivity (Wildman–Crippen MR) is 64.7 cm³/mol. The molecule has 0 saturated heterocycles. The molecule has 0 amide bonds. The number of Topliss-reactive ketones (excluding diaryl/α,β-unsaturated/α-hetero) is 1. The third-order valence-electron chi connectivity index (χ3n) is 2.27. The highest BCUT2D eigenvalue weighted by atomic mass is 16.7. The summed E-state index contributed by atoms with van der Waals surface area (Å²) in [6.07, 6.45) is -0.816. The molecule has 0 fully saturated rings. The number of carbonyl (C=O) groups is 1. The summed E-state index contributed by atoms with van der Waals surface area (Å²) >= 11 is 0. The molecule has 3 N–H and O–H groups in total. The average Bonchev–Trinajstić information content (AvgIpc) is 2.26. The summed E-state index contributed by atoms with van der Waals surface area (Å²) in [5, 5.41) is 26.6. The van der Waals surface area contributed by atoms with Crippen LogP contribution >= 0.6 is 0 Å². The number of ketones is 1. The fourth-order valence-corrected chi connectivity index (χ4v) is 1.33. The summed E-state index contributed by atoms with van der Waals surface area (Å²) in [6.45, 7) is 3.42. The molecule has 0 radical (unpaired) electrons. The highest BCUT2D eigenvalue weighted by Crippen LogP contribution is 2.08. The second-order valence-corrected chi connectivity index (χ2v) is 4.31. The van der Waals surface area contributed by atoms with Gasteiger partial charge < -0.3 is 29.6 Å². The van der Waals surface area contributed by atoms with Crippen molar-refractivity contribution in [2.45, 2.75) is 58.2 Å². The molecule has 0 saturated carbocycles. The van der Waals surface area contributed by atoms with E-state index in [-0.39, 0.29) is 18.8 Å². The van der Waals surface area contributed by atoms with Gasteiger partial charge in [-0.05, 0) is 26.7 Å². The lowest BCUT2D eigenvalue weighted by molar-refractivity contribution is -0.206. The lowest BCUT2D eigenvalue weighted by atomic mass is 10.2. The predicted octanol–water partition coefficient (Wildman–Crippen LogP) is 0.187. The molecule has 6 nitrogen and oxygen atoms in total. The van der Waals surface area contributed by atoms with E-state index in [4.69, 9.17) is 24.8 Å². The van der Waals surface area contributed by atoms with E-state index in [0.717, 1.165) is 6.42 Å². The first kappa shape index (κ1) is 17.5. The van der Waals surface area contributed by atoms with Gasteiger partial charge in [-0.25, -0.2) is 0 Å². The molecule has 0 aromatic carbocycles. The number of carbonyl (C=O) groups excluding carboxylic acids is 1. The van der Waals surface area contributed by atoms with Crippen molar-refractivity contribution in [3.8, 4) is 0 Å². The first-order chi connectivity index (χ1) is 8.45. The minimum Gasteiger partial charge on any atom is -0.394 e. The van der Waals surface area contributed by atoms with Crippen molar-refractivity contribution in [1.29, 1.82) is 0 Å². The molecule has 108 valence electrons. The topological polar surface area (TPSA) is 96.2 Å². The van der Waals surface area contributed by atoms with Crippen molar-refractivity contribution >= 4 is 5.78 Å². The zero-order chi connectivity index (χ0) is 14.0. The minimum absolute atomic E-state index is 0.0724. The molecule has 0 aromatic heterocycles. The van der Waals surface area contributed by atoms with Gasteiger partial charge >= 0.3 is 0 Å². The van der Waals surface area contributed by atoms with Crippen LogP contribution in [-0.2, 0) is 14.3 Å². The standard InChI is InChI=1S/C12H24O6/c1-9(14)5-3-4-6-17-12(7-11(15)16)18-10(2)8-13/h10-13,15-16H,3-8H2,1-2H3. The van der Waals surface area contributed by atoms with E-state index in [0.29, 0.717) is 19.4 Å². The van der Waals surface area contributed by atoms with Gasteiger partial charge in [0.2, 0.25) is 0 Å². The highest BCUT2D eigenvalue weighted by Gasteiger charge is 2.16. The van der Waals surface area contributed by atoms with Crippen molar-refractivity contribution in [3.05, 3.63) is 0 Å². The van der Waals surface area contributed by atoms with E-state index in [1.54, 1.807) is 6.92 Å². The number of aliphatic hydroxyl groups is 3. The first-order valence-electron chi connectivity index (χ1n) is 6.19. The lowest BCUT2D eigenvalue weighted by Crippen LogP contribution is -2.29. The molecule has 0 spiro atoms. The monoisotopic (exact) mass is 264 g/mol. The second kappa shape index (κ2) is 10.4. The van der Waals surface area contributed by atoms with Gasteiger partial charge in [0.05, 0.1) is 12.7 Å². The highest BCUT2D eigenvalue weighted by molar-refractivity contribution is 5.75.